The van der Waals surface area contributed by atoms with Gasteiger partial charge in [0.25, 0.3) is 5.69 Å². The number of carbonyl (C=O) groups excluding carboxylic acids is 3. The van der Waals surface area contributed by atoms with Crippen LogP contribution < -0.4 is 5.32 Å². The first-order chi connectivity index (χ1) is 15.2. The standard InChI is InChI=1S/C19H16N4O7S2/c24-15(10-22-17(25)13-3-1-2-4-14(13)18(22)26)21-19-20-9-16(31-19)32(29,30)12-7-5-11(6-8-12)23(27)28/h1-2,5-9,13-14H,3-4,10H2,(H,20,21,24). The van der Waals surface area contributed by atoms with E-state index in [1.807, 2.05) is 12.2 Å². The average molecular weight is 476 g/mol. The summed E-state index contributed by atoms with van der Waals surface area (Å²) in [5, 5.41) is 13.1. The molecular weight excluding hydrogens is 460 g/mol. The Labute approximate surface area is 185 Å². The van der Waals surface area contributed by atoms with Gasteiger partial charge in [0, 0.05) is 12.1 Å². The second-order valence-corrected chi connectivity index (χ2v) is 10.4. The summed E-state index contributed by atoms with van der Waals surface area (Å²) in [6, 6.07) is 4.39. The fraction of sp³-hybridized carbons (Fsp3) is 0.263. The number of fused-ring (bicyclic) bond motifs is 1. The van der Waals surface area contributed by atoms with Crippen molar-refractivity contribution in [1.82, 2.24) is 9.88 Å². The van der Waals surface area contributed by atoms with Gasteiger partial charge in [-0.1, -0.05) is 23.5 Å². The zero-order valence-corrected chi connectivity index (χ0v) is 18.0. The number of thiazole rings is 1. The minimum absolute atomic E-state index is 0.0198. The molecule has 2 aliphatic rings. The number of hydrogen-bond donors (Lipinski definition) is 1. The van der Waals surface area contributed by atoms with E-state index in [4.69, 9.17) is 0 Å². The van der Waals surface area contributed by atoms with Gasteiger partial charge in [-0.05, 0) is 25.0 Å². The number of nitro benzene ring substituents is 1. The Bertz CT molecular complexity index is 1220. The fourth-order valence-electron chi connectivity index (χ4n) is 3.63. The van der Waals surface area contributed by atoms with Crippen molar-refractivity contribution in [3.63, 3.8) is 0 Å². The molecule has 166 valence electrons. The van der Waals surface area contributed by atoms with Gasteiger partial charge in [-0.25, -0.2) is 13.4 Å². The number of anilines is 1. The lowest BCUT2D eigenvalue weighted by molar-refractivity contribution is -0.384. The molecule has 1 aromatic carbocycles. The molecule has 2 heterocycles. The highest BCUT2D eigenvalue weighted by atomic mass is 32.2. The second kappa shape index (κ2) is 8.24. The molecule has 1 N–H and O–H groups in total. The molecule has 13 heteroatoms. The number of non-ortho nitro benzene ring substituents is 1. The molecule has 1 aliphatic carbocycles. The molecule has 1 aliphatic heterocycles. The number of benzene rings is 1. The molecule has 0 radical (unpaired) electrons. The van der Waals surface area contributed by atoms with Gasteiger partial charge in [-0.2, -0.15) is 0 Å². The first-order valence-corrected chi connectivity index (χ1v) is 11.7. The lowest BCUT2D eigenvalue weighted by Crippen LogP contribution is -2.38. The number of allylic oxidation sites excluding steroid dienone is 2. The van der Waals surface area contributed by atoms with E-state index in [0.29, 0.717) is 24.2 Å². The number of sulfone groups is 1. The number of nitro groups is 1. The molecule has 0 spiro atoms. The molecule has 2 aromatic rings. The number of aromatic nitrogens is 1. The third-order valence-corrected chi connectivity index (χ3v) is 8.40. The topological polar surface area (TPSA) is 157 Å². The highest BCUT2D eigenvalue weighted by molar-refractivity contribution is 7.93. The number of rotatable bonds is 6. The van der Waals surface area contributed by atoms with Gasteiger partial charge < -0.3 is 5.32 Å². The minimum atomic E-state index is -3.99. The van der Waals surface area contributed by atoms with Gasteiger partial charge in [-0.15, -0.1) is 0 Å². The van der Waals surface area contributed by atoms with Gasteiger partial charge in [-0.3, -0.25) is 29.4 Å². The van der Waals surface area contributed by atoms with Crippen LogP contribution in [-0.4, -0.2) is 47.5 Å². The summed E-state index contributed by atoms with van der Waals surface area (Å²) in [5.74, 6) is -2.34. The summed E-state index contributed by atoms with van der Waals surface area (Å²) in [7, 11) is -3.99. The molecular formula is C19H16N4O7S2. The second-order valence-electron chi connectivity index (χ2n) is 7.21. The van der Waals surface area contributed by atoms with E-state index < -0.39 is 39.0 Å². The third-order valence-electron chi connectivity index (χ3n) is 5.25. The van der Waals surface area contributed by atoms with Gasteiger partial charge in [0.15, 0.2) is 5.13 Å². The number of hydrogen-bond acceptors (Lipinski definition) is 9. The van der Waals surface area contributed by atoms with E-state index in [2.05, 4.69) is 10.3 Å². The number of amides is 3. The van der Waals surface area contributed by atoms with Crippen molar-refractivity contribution in [3.05, 3.63) is 52.7 Å². The number of likely N-dealkylation sites (tertiary alicyclic amines) is 1. The average Bonchev–Trinajstić information content (AvgIpc) is 3.33. The lowest BCUT2D eigenvalue weighted by Gasteiger charge is -2.14. The summed E-state index contributed by atoms with van der Waals surface area (Å²) in [6.45, 7) is -0.477. The maximum absolute atomic E-state index is 12.7. The van der Waals surface area contributed by atoms with E-state index in [1.165, 1.54) is 0 Å². The monoisotopic (exact) mass is 476 g/mol. The number of nitrogens with one attached hydrogen (secondary N) is 1. The lowest BCUT2D eigenvalue weighted by atomic mass is 9.85. The van der Waals surface area contributed by atoms with Crippen molar-refractivity contribution < 1.29 is 27.7 Å². The van der Waals surface area contributed by atoms with Crippen LogP contribution in [0.4, 0.5) is 10.8 Å². The molecule has 4 rings (SSSR count). The van der Waals surface area contributed by atoms with E-state index in [9.17, 15) is 32.9 Å². The van der Waals surface area contributed by atoms with Gasteiger partial charge >= 0.3 is 0 Å². The highest BCUT2D eigenvalue weighted by Crippen LogP contribution is 2.35. The van der Waals surface area contributed by atoms with E-state index >= 15 is 0 Å². The van der Waals surface area contributed by atoms with Crippen molar-refractivity contribution in [2.75, 3.05) is 11.9 Å². The van der Waals surface area contributed by atoms with Crippen LogP contribution in [0.15, 0.2) is 51.7 Å². The zero-order chi connectivity index (χ0) is 23.0. The van der Waals surface area contributed by atoms with Crippen LogP contribution in [0.5, 0.6) is 0 Å². The molecule has 1 aromatic heterocycles. The third kappa shape index (κ3) is 3.91. The smallest absolute Gasteiger partial charge is 0.269 e. The Morgan fingerprint density at radius 3 is 2.31 bits per heavy atom. The summed E-state index contributed by atoms with van der Waals surface area (Å²) < 4.78 is 25.2. The van der Waals surface area contributed by atoms with Crippen molar-refractivity contribution >= 4 is 49.7 Å². The quantitative estimate of drug-likeness (QED) is 0.286. The number of nitrogens with zero attached hydrogens (tertiary/aromatic N) is 3. The zero-order valence-electron chi connectivity index (χ0n) is 16.3. The Balaban J connectivity index is 1.44. The Morgan fingerprint density at radius 1 is 1.16 bits per heavy atom. The Hall–Kier alpha value is -3.45. The highest BCUT2D eigenvalue weighted by Gasteiger charge is 2.47. The van der Waals surface area contributed by atoms with Gasteiger partial charge in [0.1, 0.15) is 10.8 Å². The predicted molar refractivity (Wildman–Crippen MR) is 111 cm³/mol. The van der Waals surface area contributed by atoms with Crippen LogP contribution in [0.25, 0.3) is 0 Å². The molecule has 32 heavy (non-hydrogen) atoms. The fourth-order valence-corrected chi connectivity index (χ4v) is 6.08. The molecule has 1 saturated heterocycles. The van der Waals surface area contributed by atoms with E-state index in [0.717, 1.165) is 35.4 Å². The molecule has 2 unspecified atom stereocenters. The van der Waals surface area contributed by atoms with Crippen molar-refractivity contribution in [3.8, 4) is 0 Å². The summed E-state index contributed by atoms with van der Waals surface area (Å²) >= 11 is 0.690. The van der Waals surface area contributed by atoms with Crippen molar-refractivity contribution in [2.24, 2.45) is 11.8 Å². The molecule has 2 atom stereocenters. The molecule has 0 saturated carbocycles. The predicted octanol–water partition coefficient (Wildman–Crippen LogP) is 1.77. The van der Waals surface area contributed by atoms with Crippen LogP contribution >= 0.6 is 11.3 Å². The van der Waals surface area contributed by atoms with E-state index in [1.54, 1.807) is 0 Å². The molecule has 11 nitrogen and oxygen atoms in total. The normalized spacial score (nSPS) is 20.3. The van der Waals surface area contributed by atoms with Crippen LogP contribution in [0.2, 0.25) is 0 Å². The summed E-state index contributed by atoms with van der Waals surface area (Å²) in [4.78, 5) is 52.0. The molecule has 0 bridgehead atoms. The SMILES string of the molecule is O=C(CN1C(=O)C2CC=CCC2C1=O)Nc1ncc(S(=O)(=O)c2ccc([N+](=O)[O-])cc2)s1. The van der Waals surface area contributed by atoms with Crippen molar-refractivity contribution in [2.45, 2.75) is 21.9 Å². The van der Waals surface area contributed by atoms with Gasteiger partial charge in [0.05, 0.1) is 27.9 Å². The molecule has 3 amide bonds. The van der Waals surface area contributed by atoms with Crippen LogP contribution in [-0.2, 0) is 24.2 Å². The van der Waals surface area contributed by atoms with Crippen LogP contribution in [0.1, 0.15) is 12.8 Å². The maximum Gasteiger partial charge on any atom is 0.269 e. The van der Waals surface area contributed by atoms with Crippen LogP contribution in [0.3, 0.4) is 0 Å². The Morgan fingerprint density at radius 2 is 1.75 bits per heavy atom. The summed E-state index contributed by atoms with van der Waals surface area (Å²) in [6.07, 6.45) is 5.67. The van der Waals surface area contributed by atoms with Crippen molar-refractivity contribution in [1.29, 1.82) is 0 Å². The van der Waals surface area contributed by atoms with Crippen LogP contribution in [0, 0.1) is 22.0 Å². The Kier molecular flexibility index (Phi) is 5.60. The first-order valence-electron chi connectivity index (χ1n) is 9.44. The van der Waals surface area contributed by atoms with E-state index in [-0.39, 0.29) is 31.7 Å². The number of carbonyl (C=O) groups is 3. The first kappa shape index (κ1) is 21.8. The largest absolute Gasteiger partial charge is 0.300 e. The minimum Gasteiger partial charge on any atom is -0.300 e. The molecule has 1 fully saturated rings. The maximum atomic E-state index is 12.7. The van der Waals surface area contributed by atoms with Gasteiger partial charge in [0.2, 0.25) is 27.6 Å². The summed E-state index contributed by atoms with van der Waals surface area (Å²) in [5.41, 5.74) is -0.247. The number of imide groups is 1.